The van der Waals surface area contributed by atoms with Gasteiger partial charge >= 0.3 is 5.97 Å². The summed E-state index contributed by atoms with van der Waals surface area (Å²) in [7, 11) is 0. The maximum atomic E-state index is 11.8. The van der Waals surface area contributed by atoms with E-state index in [1.165, 1.54) is 0 Å². The summed E-state index contributed by atoms with van der Waals surface area (Å²) in [4.78, 5) is 26.9. The molecule has 2 heterocycles. The predicted molar refractivity (Wildman–Crippen MR) is 70.4 cm³/mol. The van der Waals surface area contributed by atoms with E-state index >= 15 is 0 Å². The maximum absolute atomic E-state index is 11.8. The molecule has 0 aromatic carbocycles. The lowest BCUT2D eigenvalue weighted by molar-refractivity contribution is -0.115. The Morgan fingerprint density at radius 1 is 1.42 bits per heavy atom. The van der Waals surface area contributed by atoms with Gasteiger partial charge in [-0.15, -0.1) is 0 Å². The molecule has 0 aliphatic rings. The van der Waals surface area contributed by atoms with E-state index in [0.29, 0.717) is 11.4 Å². The van der Waals surface area contributed by atoms with Crippen LogP contribution in [0.1, 0.15) is 21.7 Å². The molecule has 2 N–H and O–H groups in total. The van der Waals surface area contributed by atoms with Crippen LogP contribution in [0.2, 0.25) is 0 Å². The molecule has 6 nitrogen and oxygen atoms in total. The van der Waals surface area contributed by atoms with Crippen molar-refractivity contribution in [2.45, 2.75) is 13.3 Å². The van der Waals surface area contributed by atoms with Gasteiger partial charge in [0.05, 0.1) is 12.1 Å². The molecule has 1 amide bonds. The molecule has 0 bridgehead atoms. The Morgan fingerprint density at radius 3 is 2.84 bits per heavy atom. The Kier molecular flexibility index (Phi) is 3.86. The summed E-state index contributed by atoms with van der Waals surface area (Å²) in [6.07, 6.45) is 1.69. The number of aryl methyl sites for hydroxylation is 1. The van der Waals surface area contributed by atoms with E-state index in [1.807, 2.05) is 0 Å². The van der Waals surface area contributed by atoms with Crippen molar-refractivity contribution < 1.29 is 14.7 Å². The minimum atomic E-state index is -1.10. The number of hydrogen-bond donors (Lipinski definition) is 2. The number of carbonyl (C=O) groups is 2. The molecule has 2 aromatic rings. The van der Waals surface area contributed by atoms with E-state index < -0.39 is 5.97 Å². The molecule has 0 fully saturated rings. The van der Waals surface area contributed by atoms with Gasteiger partial charge in [0.25, 0.3) is 0 Å². The Balaban J connectivity index is 2.10. The first-order valence-corrected chi connectivity index (χ1v) is 6.24. The lowest BCUT2D eigenvalue weighted by Gasteiger charge is -2.03. The molecule has 98 valence electrons. The summed E-state index contributed by atoms with van der Waals surface area (Å²) < 4.78 is 3.93. The van der Waals surface area contributed by atoms with Crippen LogP contribution in [0, 0.1) is 6.92 Å². The van der Waals surface area contributed by atoms with Crippen molar-refractivity contribution >= 4 is 28.4 Å². The minimum Gasteiger partial charge on any atom is -0.478 e. The van der Waals surface area contributed by atoms with Crippen LogP contribution < -0.4 is 5.32 Å². The van der Waals surface area contributed by atoms with E-state index in [-0.39, 0.29) is 22.9 Å². The van der Waals surface area contributed by atoms with E-state index in [1.54, 1.807) is 31.3 Å². The van der Waals surface area contributed by atoms with Crippen LogP contribution >= 0.6 is 11.5 Å². The average Bonchev–Trinajstić information content (AvgIpc) is 2.71. The predicted octanol–water partition coefficient (Wildman–Crippen LogP) is 1.73. The molecule has 0 unspecified atom stereocenters. The average molecular weight is 277 g/mol. The van der Waals surface area contributed by atoms with Crippen molar-refractivity contribution in [1.29, 1.82) is 0 Å². The van der Waals surface area contributed by atoms with Crippen molar-refractivity contribution in [3.63, 3.8) is 0 Å². The van der Waals surface area contributed by atoms with Crippen molar-refractivity contribution in [2.75, 3.05) is 5.32 Å². The van der Waals surface area contributed by atoms with Crippen LogP contribution in [0.25, 0.3) is 0 Å². The molecule has 7 heteroatoms. The summed E-state index contributed by atoms with van der Waals surface area (Å²) in [5, 5.41) is 11.9. The molecule has 0 saturated heterocycles. The number of anilines is 1. The number of nitrogens with zero attached hydrogens (tertiary/aromatic N) is 2. The molecule has 0 saturated carbocycles. The number of aromatic nitrogens is 2. The highest BCUT2D eigenvalue weighted by atomic mass is 32.1. The molecule has 19 heavy (non-hydrogen) atoms. The number of carboxylic acids is 1. The summed E-state index contributed by atoms with van der Waals surface area (Å²) in [6.45, 7) is 1.59. The smallest absolute Gasteiger partial charge is 0.340 e. The molecular formula is C12H11N3O3S. The fourth-order valence-electron chi connectivity index (χ4n) is 1.54. The number of rotatable bonds is 4. The number of hydrogen-bond acceptors (Lipinski definition) is 5. The topological polar surface area (TPSA) is 92.2 Å². The highest BCUT2D eigenvalue weighted by Gasteiger charge is 2.19. The zero-order valence-electron chi connectivity index (χ0n) is 10.1. The van der Waals surface area contributed by atoms with E-state index in [0.717, 1.165) is 11.5 Å². The summed E-state index contributed by atoms with van der Waals surface area (Å²) in [6, 6.07) is 5.28. The fourth-order valence-corrected chi connectivity index (χ4v) is 2.35. The second kappa shape index (κ2) is 5.57. The first-order valence-electron chi connectivity index (χ1n) is 5.47. The van der Waals surface area contributed by atoms with E-state index in [4.69, 9.17) is 5.11 Å². The van der Waals surface area contributed by atoms with Crippen LogP contribution in [-0.2, 0) is 11.2 Å². The summed E-state index contributed by atoms with van der Waals surface area (Å²) in [5.74, 6) is -1.41. The third-order valence-electron chi connectivity index (χ3n) is 2.40. The van der Waals surface area contributed by atoms with Crippen molar-refractivity contribution in [1.82, 2.24) is 9.36 Å². The van der Waals surface area contributed by atoms with Gasteiger partial charge in [0.15, 0.2) is 0 Å². The molecule has 0 aliphatic carbocycles. The number of amides is 1. The third kappa shape index (κ3) is 3.14. The van der Waals surface area contributed by atoms with Gasteiger partial charge in [-0.05, 0) is 30.6 Å². The first kappa shape index (κ1) is 13.2. The number of aromatic carboxylic acids is 1. The van der Waals surface area contributed by atoms with Crippen molar-refractivity contribution in [3.05, 3.63) is 41.3 Å². The second-order valence-electron chi connectivity index (χ2n) is 3.82. The minimum absolute atomic E-state index is 0.0411. The quantitative estimate of drug-likeness (QED) is 0.887. The summed E-state index contributed by atoms with van der Waals surface area (Å²) in [5.41, 5.74) is 1.06. The normalized spacial score (nSPS) is 10.2. The molecule has 2 rings (SSSR count). The van der Waals surface area contributed by atoms with E-state index in [2.05, 4.69) is 14.7 Å². The van der Waals surface area contributed by atoms with Crippen LogP contribution in [0.5, 0.6) is 0 Å². The van der Waals surface area contributed by atoms with Gasteiger partial charge < -0.3 is 10.4 Å². The van der Waals surface area contributed by atoms with Gasteiger partial charge in [0.2, 0.25) is 5.91 Å². The molecule has 2 aromatic heterocycles. The SMILES string of the molecule is Cc1nsc(NC(=O)Cc2ccccn2)c1C(=O)O. The van der Waals surface area contributed by atoms with Gasteiger partial charge in [-0.25, -0.2) is 4.79 Å². The third-order valence-corrected chi connectivity index (χ3v) is 3.25. The first-order chi connectivity index (χ1) is 9.08. The number of nitrogens with one attached hydrogen (secondary N) is 1. The van der Waals surface area contributed by atoms with Gasteiger partial charge in [0.1, 0.15) is 10.6 Å². The second-order valence-corrected chi connectivity index (χ2v) is 4.60. The number of pyridine rings is 1. The van der Waals surface area contributed by atoms with Crippen molar-refractivity contribution in [3.8, 4) is 0 Å². The van der Waals surface area contributed by atoms with Crippen LogP contribution in [0.3, 0.4) is 0 Å². The highest BCUT2D eigenvalue weighted by molar-refractivity contribution is 7.11. The van der Waals surface area contributed by atoms with Crippen LogP contribution in [0.15, 0.2) is 24.4 Å². The molecule has 0 radical (unpaired) electrons. The van der Waals surface area contributed by atoms with Gasteiger partial charge in [0, 0.05) is 11.9 Å². The Hall–Kier alpha value is -2.28. The Bertz CT molecular complexity index is 610. The fraction of sp³-hybridized carbons (Fsp3) is 0.167. The zero-order chi connectivity index (χ0) is 13.8. The van der Waals surface area contributed by atoms with Gasteiger partial charge in [-0.2, -0.15) is 4.37 Å². The Labute approximate surface area is 113 Å². The summed E-state index contributed by atoms with van der Waals surface area (Å²) >= 11 is 0.960. The lowest BCUT2D eigenvalue weighted by atomic mass is 10.2. The maximum Gasteiger partial charge on any atom is 0.340 e. The monoisotopic (exact) mass is 277 g/mol. The van der Waals surface area contributed by atoms with Crippen molar-refractivity contribution in [2.24, 2.45) is 0 Å². The lowest BCUT2D eigenvalue weighted by Crippen LogP contribution is -2.16. The zero-order valence-corrected chi connectivity index (χ0v) is 10.9. The highest BCUT2D eigenvalue weighted by Crippen LogP contribution is 2.24. The molecule has 0 atom stereocenters. The molecule has 0 spiro atoms. The van der Waals surface area contributed by atoms with Crippen LogP contribution in [0.4, 0.5) is 5.00 Å². The molecule has 0 aliphatic heterocycles. The Morgan fingerprint density at radius 2 is 2.21 bits per heavy atom. The number of carbonyl (C=O) groups excluding carboxylic acids is 1. The van der Waals surface area contributed by atoms with E-state index in [9.17, 15) is 9.59 Å². The molecular weight excluding hydrogens is 266 g/mol. The largest absolute Gasteiger partial charge is 0.478 e. The van der Waals surface area contributed by atoms with Gasteiger partial charge in [-0.3, -0.25) is 9.78 Å². The number of carboxylic acid groups (broad SMARTS) is 1. The van der Waals surface area contributed by atoms with Gasteiger partial charge in [-0.1, -0.05) is 6.07 Å². The standard InChI is InChI=1S/C12H11N3O3S/c1-7-10(12(17)18)11(19-15-7)14-9(16)6-8-4-2-3-5-13-8/h2-5H,6H2,1H3,(H,14,16)(H,17,18). The van der Waals surface area contributed by atoms with Crippen LogP contribution in [-0.4, -0.2) is 26.3 Å².